The van der Waals surface area contributed by atoms with Gasteiger partial charge in [-0.3, -0.25) is 13.7 Å². The monoisotopic (exact) mass is 655 g/mol. The Hall–Kier alpha value is -3.85. The molecule has 1 heterocycles. The van der Waals surface area contributed by atoms with Crippen molar-refractivity contribution >= 4 is 40.0 Å². The summed E-state index contributed by atoms with van der Waals surface area (Å²) < 4.78 is 28.5. The Balaban J connectivity index is 1.02. The predicted molar refractivity (Wildman–Crippen MR) is 187 cm³/mol. The average molecular weight is 656 g/mol. The van der Waals surface area contributed by atoms with Gasteiger partial charge < -0.3 is 9.47 Å². The fourth-order valence-electron chi connectivity index (χ4n) is 4.78. The number of carbonyl (C=O) groups is 1. The van der Waals surface area contributed by atoms with Crippen LogP contribution >= 0.6 is 23.3 Å². The first kappa shape index (κ1) is 32.5. The van der Waals surface area contributed by atoms with E-state index in [4.69, 9.17) is 9.47 Å². The molecule has 0 aliphatic carbocycles. The summed E-state index contributed by atoms with van der Waals surface area (Å²) in [7, 11) is -0.926. The molecule has 0 radical (unpaired) electrons. The Morgan fingerprint density at radius 2 is 1.51 bits per heavy atom. The van der Waals surface area contributed by atoms with Crippen molar-refractivity contribution in [3.63, 3.8) is 0 Å². The van der Waals surface area contributed by atoms with Gasteiger partial charge in [-0.05, 0) is 88.3 Å². The van der Waals surface area contributed by atoms with Crippen LogP contribution in [0, 0.1) is 0 Å². The minimum atomic E-state index is -0.926. The largest absolute Gasteiger partial charge is 0.493 e. The zero-order valence-electron chi connectivity index (χ0n) is 25.1. The molecule has 1 aromatic heterocycles. The second kappa shape index (κ2) is 17.6. The minimum absolute atomic E-state index is 0.0228. The van der Waals surface area contributed by atoms with Gasteiger partial charge in [-0.25, -0.2) is 0 Å². The van der Waals surface area contributed by atoms with Gasteiger partial charge in [0.15, 0.2) is 0 Å². The van der Waals surface area contributed by atoms with E-state index in [-0.39, 0.29) is 5.91 Å². The van der Waals surface area contributed by atoms with Gasteiger partial charge in [-0.1, -0.05) is 84.9 Å². The van der Waals surface area contributed by atoms with E-state index >= 15 is 0 Å². The summed E-state index contributed by atoms with van der Waals surface area (Å²) in [6, 6.07) is 38.3. The van der Waals surface area contributed by atoms with Crippen LogP contribution in [-0.2, 0) is 34.2 Å². The molecule has 0 aliphatic heterocycles. The van der Waals surface area contributed by atoms with Crippen LogP contribution in [0.25, 0.3) is 11.1 Å². The number of amides is 1. The molecule has 0 fully saturated rings. The highest BCUT2D eigenvalue weighted by Crippen LogP contribution is 2.27. The first-order chi connectivity index (χ1) is 22.1. The van der Waals surface area contributed by atoms with E-state index in [0.29, 0.717) is 37.6 Å². The van der Waals surface area contributed by atoms with Gasteiger partial charge >= 0.3 is 0 Å². The number of thiophene rings is 1. The van der Waals surface area contributed by atoms with Crippen molar-refractivity contribution in [3.8, 4) is 22.6 Å². The fraction of sp³-hybridized carbons (Fsp3) is 0.216. The molecule has 0 aliphatic rings. The second-order valence-corrected chi connectivity index (χ2v) is 14.1. The van der Waals surface area contributed by atoms with Gasteiger partial charge in [0.25, 0.3) is 0 Å². The van der Waals surface area contributed by atoms with Crippen LogP contribution in [0.15, 0.2) is 125 Å². The summed E-state index contributed by atoms with van der Waals surface area (Å²) in [5.41, 5.74) is 5.59. The topological polar surface area (TPSA) is 64.6 Å². The quantitative estimate of drug-likeness (QED) is 0.0804. The smallest absolute Gasteiger partial charge is 0.230 e. The molecule has 8 heteroatoms. The van der Waals surface area contributed by atoms with Gasteiger partial charge in [-0.15, -0.1) is 11.3 Å². The van der Waals surface area contributed by atoms with Crippen molar-refractivity contribution in [2.45, 2.75) is 35.6 Å². The average Bonchev–Trinajstić information content (AvgIpc) is 3.60. The second-order valence-electron chi connectivity index (χ2n) is 10.5. The van der Waals surface area contributed by atoms with Crippen molar-refractivity contribution in [2.24, 2.45) is 0 Å². The van der Waals surface area contributed by atoms with Gasteiger partial charge in [0, 0.05) is 35.1 Å². The third kappa shape index (κ3) is 10.9. The molecule has 5 nitrogen and oxygen atoms in total. The van der Waals surface area contributed by atoms with Crippen LogP contribution in [0.1, 0.15) is 29.5 Å². The van der Waals surface area contributed by atoms with Crippen LogP contribution in [0.4, 0.5) is 0 Å². The molecule has 0 saturated heterocycles. The third-order valence-corrected chi connectivity index (χ3v) is 10.3. The fourth-order valence-corrected chi connectivity index (χ4v) is 7.33. The summed E-state index contributed by atoms with van der Waals surface area (Å²) in [5.74, 6) is 2.79. The van der Waals surface area contributed by atoms with Crippen LogP contribution in [0.3, 0.4) is 0 Å². The zero-order chi connectivity index (χ0) is 31.1. The van der Waals surface area contributed by atoms with E-state index in [9.17, 15) is 9.00 Å². The van der Waals surface area contributed by atoms with Crippen molar-refractivity contribution in [2.75, 3.05) is 19.0 Å². The van der Waals surface area contributed by atoms with Crippen molar-refractivity contribution in [1.82, 2.24) is 4.72 Å². The minimum Gasteiger partial charge on any atom is -0.493 e. The number of benzene rings is 4. The summed E-state index contributed by atoms with van der Waals surface area (Å²) >= 11 is 2.98. The Morgan fingerprint density at radius 1 is 0.756 bits per heavy atom. The molecular weight excluding hydrogens is 619 g/mol. The number of carbonyl (C=O) groups excluding carboxylic acids is 1. The summed E-state index contributed by atoms with van der Waals surface area (Å²) in [6.45, 7) is 1.07. The Morgan fingerprint density at radius 3 is 2.31 bits per heavy atom. The highest BCUT2D eigenvalue weighted by Gasteiger charge is 2.09. The van der Waals surface area contributed by atoms with E-state index in [0.717, 1.165) is 50.8 Å². The molecule has 1 N–H and O–H groups in total. The number of ether oxygens (including phenoxy) is 2. The van der Waals surface area contributed by atoms with Gasteiger partial charge in [-0.2, -0.15) is 0 Å². The van der Waals surface area contributed by atoms with Crippen LogP contribution in [0.5, 0.6) is 11.5 Å². The number of rotatable bonds is 17. The molecule has 1 atom stereocenters. The first-order valence-corrected chi connectivity index (χ1v) is 18.2. The number of aryl methyl sites for hydroxylation is 2. The molecule has 5 aromatic rings. The van der Waals surface area contributed by atoms with E-state index in [1.54, 1.807) is 11.3 Å². The molecule has 45 heavy (non-hydrogen) atoms. The molecule has 1 amide bonds. The van der Waals surface area contributed by atoms with E-state index in [2.05, 4.69) is 41.1 Å². The third-order valence-electron chi connectivity index (χ3n) is 7.08. The zero-order valence-corrected chi connectivity index (χ0v) is 27.5. The predicted octanol–water partition coefficient (Wildman–Crippen LogP) is 8.51. The maximum atomic E-state index is 12.6. The van der Waals surface area contributed by atoms with Crippen LogP contribution < -0.4 is 14.2 Å². The van der Waals surface area contributed by atoms with Crippen LogP contribution in [0.2, 0.25) is 0 Å². The maximum absolute atomic E-state index is 12.6. The van der Waals surface area contributed by atoms with Gasteiger partial charge in [0.2, 0.25) is 5.91 Å². The van der Waals surface area contributed by atoms with E-state index in [1.807, 2.05) is 84.2 Å². The highest BCUT2D eigenvalue weighted by molar-refractivity contribution is 7.99. The van der Waals surface area contributed by atoms with Gasteiger partial charge in [0.1, 0.15) is 11.5 Å². The maximum Gasteiger partial charge on any atom is 0.230 e. The van der Waals surface area contributed by atoms with E-state index in [1.165, 1.54) is 17.5 Å². The number of nitrogens with one attached hydrogen (secondary N) is 1. The lowest BCUT2D eigenvalue weighted by Crippen LogP contribution is -2.15. The molecule has 4 aromatic carbocycles. The molecule has 0 spiro atoms. The Kier molecular flexibility index (Phi) is 12.7. The molecular formula is C37H37NO4S3. The standard InChI is InChI=1S/C37H37NO4S3/c39-36(38-44-37-15-7-25-43-37)21-18-31-12-4-5-14-35(31)32-16-19-33(20-17-32)41-23-8-24-42-34-13-6-11-30(27-34)28-45(40)26-22-29-9-2-1-3-10-29/h1-7,9-17,19-20,25,27H,8,18,21-24,26,28H2,(H,38,39). The Labute approximate surface area is 276 Å². The molecule has 0 saturated carbocycles. The lowest BCUT2D eigenvalue weighted by Gasteiger charge is -2.12. The molecule has 1 unspecified atom stereocenters. The normalized spacial score (nSPS) is 11.6. The highest BCUT2D eigenvalue weighted by atomic mass is 32.2. The first-order valence-electron chi connectivity index (χ1n) is 15.0. The number of hydrogen-bond donors (Lipinski definition) is 1. The molecule has 0 bridgehead atoms. The van der Waals surface area contributed by atoms with Crippen LogP contribution in [-0.4, -0.2) is 29.1 Å². The lowest BCUT2D eigenvalue weighted by atomic mass is 9.96. The molecule has 5 rings (SSSR count). The lowest BCUT2D eigenvalue weighted by molar-refractivity contribution is -0.119. The summed E-state index contributed by atoms with van der Waals surface area (Å²) in [5, 5.41) is 2.00. The van der Waals surface area contributed by atoms with E-state index < -0.39 is 10.8 Å². The molecule has 232 valence electrons. The number of hydrogen-bond acceptors (Lipinski definition) is 6. The summed E-state index contributed by atoms with van der Waals surface area (Å²) in [6.07, 6.45) is 2.65. The van der Waals surface area contributed by atoms with Crippen molar-refractivity contribution < 1.29 is 18.5 Å². The van der Waals surface area contributed by atoms with Crippen molar-refractivity contribution in [3.05, 3.63) is 137 Å². The SMILES string of the molecule is O=C(CCc1ccccc1-c1ccc(OCCCOc2cccc(CS(=O)CCc3ccccc3)c2)cc1)NSc1cccs1. The Bertz CT molecular complexity index is 1640. The summed E-state index contributed by atoms with van der Waals surface area (Å²) in [4.78, 5) is 12.4. The van der Waals surface area contributed by atoms with Gasteiger partial charge in [0.05, 0.1) is 17.4 Å². The van der Waals surface area contributed by atoms with Crippen molar-refractivity contribution in [1.29, 1.82) is 0 Å².